The highest BCUT2D eigenvalue weighted by molar-refractivity contribution is 7.99. The Morgan fingerprint density at radius 1 is 1.07 bits per heavy atom. The average Bonchev–Trinajstić information content (AvgIpc) is 2.72. The number of rotatable bonds is 4. The molecule has 0 spiro atoms. The number of piperidine rings is 1. The Morgan fingerprint density at radius 3 is 2.28 bits per heavy atom. The van der Waals surface area contributed by atoms with Gasteiger partial charge in [0.25, 0.3) is 0 Å². The van der Waals surface area contributed by atoms with Crippen LogP contribution in [-0.4, -0.2) is 60.2 Å². The molecule has 2 fully saturated rings. The zero-order valence-electron chi connectivity index (χ0n) is 17.8. The summed E-state index contributed by atoms with van der Waals surface area (Å²) < 4.78 is 5.41. The van der Waals surface area contributed by atoms with Crippen LogP contribution in [0.3, 0.4) is 0 Å². The molecule has 6 nitrogen and oxygen atoms in total. The predicted octanol–water partition coefficient (Wildman–Crippen LogP) is 3.50. The standard InChI is InChI=1S/C22H33N3O3S/c1-22(2,3)28-21(27)25-10-8-18(9-11-25)20(26)23-16-17-4-6-19(7-5-17)24-12-14-29-15-13-24/h4-7,18H,8-16H2,1-3H3,(H,23,26). The molecule has 0 bridgehead atoms. The lowest BCUT2D eigenvalue weighted by Gasteiger charge is -2.33. The lowest BCUT2D eigenvalue weighted by molar-refractivity contribution is -0.126. The molecule has 0 unspecified atom stereocenters. The summed E-state index contributed by atoms with van der Waals surface area (Å²) in [5.41, 5.74) is 1.88. The van der Waals surface area contributed by atoms with E-state index < -0.39 is 5.60 Å². The van der Waals surface area contributed by atoms with Gasteiger partial charge in [0, 0.05) is 55.8 Å². The molecular formula is C22H33N3O3S. The van der Waals surface area contributed by atoms with Crippen LogP contribution in [0.5, 0.6) is 0 Å². The third-order valence-corrected chi connectivity index (χ3v) is 6.24. The van der Waals surface area contributed by atoms with Crippen LogP contribution in [0.15, 0.2) is 24.3 Å². The van der Waals surface area contributed by atoms with Gasteiger partial charge in [0.15, 0.2) is 0 Å². The zero-order chi connectivity index (χ0) is 20.9. The molecule has 7 heteroatoms. The van der Waals surface area contributed by atoms with E-state index in [-0.39, 0.29) is 17.9 Å². The molecule has 2 aliphatic heterocycles. The Bertz CT molecular complexity index is 688. The number of nitrogens with one attached hydrogen (secondary N) is 1. The molecule has 160 valence electrons. The van der Waals surface area contributed by atoms with Gasteiger partial charge in [-0.2, -0.15) is 11.8 Å². The molecule has 0 aromatic heterocycles. The van der Waals surface area contributed by atoms with E-state index in [0.29, 0.717) is 32.5 Å². The quantitative estimate of drug-likeness (QED) is 0.809. The summed E-state index contributed by atoms with van der Waals surface area (Å²) in [4.78, 5) is 28.8. The Labute approximate surface area is 178 Å². The lowest BCUT2D eigenvalue weighted by atomic mass is 9.96. The summed E-state index contributed by atoms with van der Waals surface area (Å²) in [6, 6.07) is 8.50. The molecule has 1 N–H and O–H groups in total. The number of thioether (sulfide) groups is 1. The molecule has 2 saturated heterocycles. The normalized spacial score (nSPS) is 18.4. The average molecular weight is 420 g/mol. The van der Waals surface area contributed by atoms with Gasteiger partial charge in [-0.15, -0.1) is 0 Å². The summed E-state index contributed by atoms with van der Waals surface area (Å²) in [6.07, 6.45) is 1.07. The van der Waals surface area contributed by atoms with E-state index in [2.05, 4.69) is 34.5 Å². The lowest BCUT2D eigenvalue weighted by Crippen LogP contribution is -2.44. The van der Waals surface area contributed by atoms with Gasteiger partial charge in [-0.1, -0.05) is 12.1 Å². The number of anilines is 1. The molecule has 0 aliphatic carbocycles. The number of carbonyl (C=O) groups excluding carboxylic acids is 2. The fourth-order valence-electron chi connectivity index (χ4n) is 3.63. The number of benzene rings is 1. The third-order valence-electron chi connectivity index (χ3n) is 5.30. The van der Waals surface area contributed by atoms with Gasteiger partial charge >= 0.3 is 6.09 Å². The van der Waals surface area contributed by atoms with E-state index in [1.165, 1.54) is 17.2 Å². The molecule has 2 heterocycles. The number of carbonyl (C=O) groups is 2. The van der Waals surface area contributed by atoms with Crippen molar-refractivity contribution in [2.45, 2.75) is 45.8 Å². The first-order chi connectivity index (χ1) is 13.8. The molecular weight excluding hydrogens is 386 g/mol. The molecule has 1 aromatic rings. The van der Waals surface area contributed by atoms with Crippen molar-refractivity contribution < 1.29 is 14.3 Å². The fraction of sp³-hybridized carbons (Fsp3) is 0.636. The molecule has 0 atom stereocenters. The smallest absolute Gasteiger partial charge is 0.410 e. The van der Waals surface area contributed by atoms with Crippen LogP contribution in [0.4, 0.5) is 10.5 Å². The van der Waals surface area contributed by atoms with Crippen LogP contribution in [0.25, 0.3) is 0 Å². The number of hydrogen-bond donors (Lipinski definition) is 1. The van der Waals surface area contributed by atoms with Gasteiger partial charge in [0.2, 0.25) is 5.91 Å². The SMILES string of the molecule is CC(C)(C)OC(=O)N1CCC(C(=O)NCc2ccc(N3CCSCC3)cc2)CC1. The van der Waals surface area contributed by atoms with E-state index in [1.54, 1.807) is 4.90 Å². The van der Waals surface area contributed by atoms with Crippen LogP contribution in [0, 0.1) is 5.92 Å². The maximum atomic E-state index is 12.5. The number of hydrogen-bond acceptors (Lipinski definition) is 5. The number of likely N-dealkylation sites (tertiary alicyclic amines) is 1. The maximum absolute atomic E-state index is 12.5. The van der Waals surface area contributed by atoms with Crippen molar-refractivity contribution in [3.05, 3.63) is 29.8 Å². The number of ether oxygens (including phenoxy) is 1. The van der Waals surface area contributed by atoms with Crippen LogP contribution in [0.1, 0.15) is 39.2 Å². The summed E-state index contributed by atoms with van der Waals surface area (Å²) in [5.74, 6) is 2.40. The second-order valence-corrected chi connectivity index (χ2v) is 9.95. The number of amides is 2. The van der Waals surface area contributed by atoms with Crippen LogP contribution >= 0.6 is 11.8 Å². The molecule has 3 rings (SSSR count). The monoisotopic (exact) mass is 419 g/mol. The summed E-state index contributed by atoms with van der Waals surface area (Å²) in [5, 5.41) is 3.06. The first kappa shape index (κ1) is 21.8. The molecule has 2 amide bonds. The largest absolute Gasteiger partial charge is 0.444 e. The highest BCUT2D eigenvalue weighted by atomic mass is 32.2. The van der Waals surface area contributed by atoms with Gasteiger partial charge in [-0.3, -0.25) is 4.79 Å². The summed E-state index contributed by atoms with van der Waals surface area (Å²) in [6.45, 7) is 9.47. The topological polar surface area (TPSA) is 61.9 Å². The van der Waals surface area contributed by atoms with Crippen LogP contribution < -0.4 is 10.2 Å². The van der Waals surface area contributed by atoms with Gasteiger partial charge in [0.05, 0.1) is 0 Å². The molecule has 29 heavy (non-hydrogen) atoms. The Balaban J connectivity index is 1.41. The Morgan fingerprint density at radius 2 is 1.69 bits per heavy atom. The first-order valence-electron chi connectivity index (χ1n) is 10.5. The fourth-order valence-corrected chi connectivity index (χ4v) is 4.53. The molecule has 0 radical (unpaired) electrons. The highest BCUT2D eigenvalue weighted by Gasteiger charge is 2.29. The van der Waals surface area contributed by atoms with Crippen molar-refractivity contribution in [3.63, 3.8) is 0 Å². The maximum Gasteiger partial charge on any atom is 0.410 e. The van der Waals surface area contributed by atoms with E-state index in [0.717, 1.165) is 18.7 Å². The van der Waals surface area contributed by atoms with Crippen molar-refractivity contribution in [1.29, 1.82) is 0 Å². The summed E-state index contributed by atoms with van der Waals surface area (Å²) in [7, 11) is 0. The molecule has 0 saturated carbocycles. The second kappa shape index (κ2) is 9.74. The Hall–Kier alpha value is -1.89. The molecule has 1 aromatic carbocycles. The van der Waals surface area contributed by atoms with Crippen molar-refractivity contribution >= 4 is 29.4 Å². The van der Waals surface area contributed by atoms with E-state index in [4.69, 9.17) is 4.74 Å². The van der Waals surface area contributed by atoms with Crippen molar-refractivity contribution in [1.82, 2.24) is 10.2 Å². The van der Waals surface area contributed by atoms with E-state index in [9.17, 15) is 9.59 Å². The Kier molecular flexibility index (Phi) is 7.33. The minimum absolute atomic E-state index is 0.0428. The zero-order valence-corrected chi connectivity index (χ0v) is 18.6. The van der Waals surface area contributed by atoms with Crippen molar-refractivity contribution in [2.24, 2.45) is 5.92 Å². The van der Waals surface area contributed by atoms with Crippen molar-refractivity contribution in [3.8, 4) is 0 Å². The van der Waals surface area contributed by atoms with E-state index >= 15 is 0 Å². The number of nitrogens with zero attached hydrogens (tertiary/aromatic N) is 2. The van der Waals surface area contributed by atoms with Gasteiger partial charge in [-0.05, 0) is 51.3 Å². The predicted molar refractivity (Wildman–Crippen MR) is 118 cm³/mol. The van der Waals surface area contributed by atoms with Crippen LogP contribution in [0.2, 0.25) is 0 Å². The third kappa shape index (κ3) is 6.56. The minimum atomic E-state index is -0.492. The van der Waals surface area contributed by atoms with E-state index in [1.807, 2.05) is 32.5 Å². The second-order valence-electron chi connectivity index (χ2n) is 8.73. The van der Waals surface area contributed by atoms with Crippen LogP contribution in [-0.2, 0) is 16.1 Å². The molecule has 2 aliphatic rings. The van der Waals surface area contributed by atoms with Gasteiger partial charge in [-0.25, -0.2) is 4.79 Å². The minimum Gasteiger partial charge on any atom is -0.444 e. The van der Waals surface area contributed by atoms with Gasteiger partial charge in [0.1, 0.15) is 5.60 Å². The first-order valence-corrected chi connectivity index (χ1v) is 11.6. The highest BCUT2D eigenvalue weighted by Crippen LogP contribution is 2.21. The summed E-state index contributed by atoms with van der Waals surface area (Å²) >= 11 is 2.01. The van der Waals surface area contributed by atoms with Crippen molar-refractivity contribution in [2.75, 3.05) is 42.6 Å². The van der Waals surface area contributed by atoms with Gasteiger partial charge < -0.3 is 19.9 Å².